The summed E-state index contributed by atoms with van der Waals surface area (Å²) in [5.41, 5.74) is 3.36. The summed E-state index contributed by atoms with van der Waals surface area (Å²) in [5, 5.41) is 5.97. The summed E-state index contributed by atoms with van der Waals surface area (Å²) in [6.07, 6.45) is 23.5. The van der Waals surface area contributed by atoms with Crippen molar-refractivity contribution in [1.82, 2.24) is 0 Å². The fourth-order valence-corrected chi connectivity index (χ4v) is 9.98. The van der Waals surface area contributed by atoms with Gasteiger partial charge in [-0.15, -0.1) is 93.3 Å². The molecular weight excluding hydrogens is 679 g/mol. The molecule has 4 aromatic carbocycles. The van der Waals surface area contributed by atoms with Crippen molar-refractivity contribution in [2.75, 3.05) is 0 Å². The van der Waals surface area contributed by atoms with Gasteiger partial charge in [-0.3, -0.25) is 0 Å². The summed E-state index contributed by atoms with van der Waals surface area (Å²) >= 11 is -1.84. The van der Waals surface area contributed by atoms with E-state index in [0.717, 1.165) is 35.5 Å². The third-order valence-corrected chi connectivity index (χ3v) is 18.5. The molecule has 0 saturated heterocycles. The number of fused-ring (bicyclic) bond motifs is 2. The van der Waals surface area contributed by atoms with Gasteiger partial charge in [0.1, 0.15) is 0 Å². The van der Waals surface area contributed by atoms with Gasteiger partial charge >= 0.3 is 53.0 Å². The van der Waals surface area contributed by atoms with E-state index >= 15 is 0 Å². The van der Waals surface area contributed by atoms with Crippen LogP contribution >= 0.6 is 17.0 Å². The van der Waals surface area contributed by atoms with Gasteiger partial charge in [-0.2, -0.15) is 0 Å². The zero-order valence-corrected chi connectivity index (χ0v) is 32.4. The first-order chi connectivity index (χ1) is 22.5. The Balaban J connectivity index is 0.000000138. The molecule has 4 saturated carbocycles. The van der Waals surface area contributed by atoms with Crippen molar-refractivity contribution >= 4 is 41.8 Å². The molecule has 0 atom stereocenters. The van der Waals surface area contributed by atoms with Gasteiger partial charge in [0.15, 0.2) is 0 Å². The number of hydrogen-bond acceptors (Lipinski definition) is 0. The van der Waals surface area contributed by atoms with Crippen molar-refractivity contribution in [3.05, 3.63) is 83.9 Å². The van der Waals surface area contributed by atoms with Gasteiger partial charge in [0, 0.05) is 0 Å². The van der Waals surface area contributed by atoms with E-state index in [4.69, 9.17) is 17.0 Å². The van der Waals surface area contributed by atoms with Crippen LogP contribution in [0.2, 0.25) is 0 Å². The summed E-state index contributed by atoms with van der Waals surface area (Å²) in [4.78, 5) is 0. The molecule has 0 radical (unpaired) electrons. The van der Waals surface area contributed by atoms with Crippen LogP contribution in [0.4, 0.5) is 0 Å². The van der Waals surface area contributed by atoms with E-state index < -0.39 is 18.9 Å². The molecule has 4 fully saturated rings. The largest absolute Gasteiger partial charge is 0.150 e. The Kier molecular flexibility index (Phi) is 12.9. The normalized spacial score (nSPS) is 19.7. The summed E-state index contributed by atoms with van der Waals surface area (Å²) < 4.78 is 1.24. The maximum absolute atomic E-state index is 5.54. The van der Waals surface area contributed by atoms with Crippen molar-refractivity contribution in [2.45, 2.75) is 128 Å². The first kappa shape index (κ1) is 34.8. The van der Waals surface area contributed by atoms with Crippen LogP contribution in [-0.4, -0.2) is 3.21 Å². The molecule has 8 rings (SSSR count). The molecule has 4 aliphatic carbocycles. The topological polar surface area (TPSA) is 0 Å². The molecule has 0 spiro atoms. The predicted octanol–water partition coefficient (Wildman–Crippen LogP) is 14.2. The molecular formula is C43H56Cl2Zr-2. The monoisotopic (exact) mass is 732 g/mol. The number of hydrogen-bond donors (Lipinski definition) is 0. The van der Waals surface area contributed by atoms with Gasteiger partial charge in [0.25, 0.3) is 0 Å². The van der Waals surface area contributed by atoms with Crippen LogP contribution < -0.4 is 0 Å². The van der Waals surface area contributed by atoms with E-state index in [0.29, 0.717) is 0 Å². The van der Waals surface area contributed by atoms with E-state index in [1.807, 2.05) is 13.8 Å². The third-order valence-electron chi connectivity index (χ3n) is 12.2. The third kappa shape index (κ3) is 8.40. The van der Waals surface area contributed by atoms with E-state index in [1.165, 1.54) is 127 Å². The molecule has 0 aromatic heterocycles. The molecule has 0 heterocycles. The van der Waals surface area contributed by atoms with Crippen molar-refractivity contribution in [3.8, 4) is 0 Å². The van der Waals surface area contributed by atoms with E-state index in [2.05, 4.69) is 72.8 Å². The Hall–Kier alpha value is -1.01. The molecule has 46 heavy (non-hydrogen) atoms. The Morgan fingerprint density at radius 2 is 0.826 bits per heavy atom. The van der Waals surface area contributed by atoms with Gasteiger partial charge < -0.3 is 0 Å². The fourth-order valence-electron chi connectivity index (χ4n) is 9.98. The Morgan fingerprint density at radius 3 is 1.11 bits per heavy atom. The second kappa shape index (κ2) is 17.1. The molecule has 4 aromatic rings. The van der Waals surface area contributed by atoms with Gasteiger partial charge in [-0.05, 0) is 23.7 Å². The molecule has 0 nitrogen and oxygen atoms in total. The van der Waals surface area contributed by atoms with Gasteiger partial charge in [-0.25, -0.2) is 0 Å². The molecule has 0 aliphatic heterocycles. The Morgan fingerprint density at radius 1 is 0.543 bits per heavy atom. The minimum Gasteiger partial charge on any atom is -0.150 e. The zero-order chi connectivity index (χ0) is 31.9. The van der Waals surface area contributed by atoms with E-state index in [-0.39, 0.29) is 0 Å². The molecule has 0 bridgehead atoms. The summed E-state index contributed by atoms with van der Waals surface area (Å²) in [5.74, 6) is 5.54. The van der Waals surface area contributed by atoms with Crippen molar-refractivity contribution in [3.63, 3.8) is 0 Å². The molecule has 0 unspecified atom stereocenters. The minimum atomic E-state index is -1.84. The number of rotatable bonds is 6. The van der Waals surface area contributed by atoms with Crippen molar-refractivity contribution in [2.24, 2.45) is 23.7 Å². The van der Waals surface area contributed by atoms with E-state index in [1.54, 1.807) is 11.1 Å². The molecule has 248 valence electrons. The van der Waals surface area contributed by atoms with E-state index in [9.17, 15) is 0 Å². The molecule has 4 aliphatic rings. The maximum Gasteiger partial charge on any atom is -0.0430 e. The average Bonchev–Trinajstić information content (AvgIpc) is 3.92. The van der Waals surface area contributed by atoms with Gasteiger partial charge in [-0.1, -0.05) is 127 Å². The molecule has 0 amide bonds. The average molecular weight is 735 g/mol. The Bertz CT molecular complexity index is 1380. The quantitative estimate of drug-likeness (QED) is 0.173. The van der Waals surface area contributed by atoms with Crippen molar-refractivity contribution < 1.29 is 18.9 Å². The second-order valence-electron chi connectivity index (χ2n) is 15.2. The fraction of sp³-hybridized carbons (Fsp3) is 0.558. The SMILES string of the molecule is C[C](C)=[Zr]([Cl])[Cl].c1ccc2c(C(C3CCCC3)C3CCCC3)c[cH-]c2c1.c1ccc2c(C(C3CCCC3)C3CCCC3)c[cH-]c2c1. The van der Waals surface area contributed by atoms with Crippen molar-refractivity contribution in [1.29, 1.82) is 0 Å². The van der Waals surface area contributed by atoms with Gasteiger partial charge in [0.05, 0.1) is 0 Å². The molecule has 0 N–H and O–H groups in total. The maximum atomic E-state index is 5.54. The summed E-state index contributed by atoms with van der Waals surface area (Å²) in [6.45, 7) is 3.96. The molecule has 3 heteroatoms. The second-order valence-corrected chi connectivity index (χ2v) is 24.6. The zero-order valence-electron chi connectivity index (χ0n) is 28.5. The van der Waals surface area contributed by atoms with Crippen LogP contribution in [0.1, 0.15) is 140 Å². The predicted molar refractivity (Wildman–Crippen MR) is 200 cm³/mol. The van der Waals surface area contributed by atoms with Crippen LogP contribution in [0.3, 0.4) is 0 Å². The summed E-state index contributed by atoms with van der Waals surface area (Å²) in [6, 6.07) is 27.6. The standard InChI is InChI=1S/2C20H25.C3H6.2ClH.Zr/c2*1-2-9-16(8-1)20(17-10-3-4-11-17)19-14-13-15-7-5-6-12-18(15)19;1-3-2;;;/h2*5-7,12-14,16-17,20H,1-4,8-11H2;1-2H3;2*1H;/q2*-1;;;;+2/p-2. The van der Waals surface area contributed by atoms with Gasteiger partial charge in [0.2, 0.25) is 0 Å². The first-order valence-electron chi connectivity index (χ1n) is 18.8. The van der Waals surface area contributed by atoms with Crippen LogP contribution in [0.15, 0.2) is 72.8 Å². The summed E-state index contributed by atoms with van der Waals surface area (Å²) in [7, 11) is 11.1. The van der Waals surface area contributed by atoms with Crippen LogP contribution in [0.25, 0.3) is 21.5 Å². The van der Waals surface area contributed by atoms with Crippen LogP contribution in [-0.2, 0) is 18.9 Å². The minimum absolute atomic E-state index is 0.847. The number of benzene rings is 2. The first-order valence-corrected chi connectivity index (χ1v) is 26.3. The van der Waals surface area contributed by atoms with Crippen LogP contribution in [0, 0.1) is 23.7 Å². The smallest absolute Gasteiger partial charge is 0.0430 e. The van der Waals surface area contributed by atoms with Crippen LogP contribution in [0.5, 0.6) is 0 Å². The Labute approximate surface area is 294 Å². The number of halogens is 2.